The first kappa shape index (κ1) is 12.3. The van der Waals surface area contributed by atoms with E-state index < -0.39 is 0 Å². The van der Waals surface area contributed by atoms with E-state index in [1.807, 2.05) is 13.8 Å². The Morgan fingerprint density at radius 1 is 0.800 bits per heavy atom. The van der Waals surface area contributed by atoms with Crippen LogP contribution in [0, 0.1) is 0 Å². The summed E-state index contributed by atoms with van der Waals surface area (Å²) in [6, 6.07) is 8.46. The van der Waals surface area contributed by atoms with E-state index >= 15 is 0 Å². The third kappa shape index (κ3) is 2.07. The molecule has 84 valence electrons. The average Bonchev–Trinajstić information content (AvgIpc) is 2.37. The number of hydrogen-bond acceptors (Lipinski definition) is 1. The van der Waals surface area contributed by atoms with E-state index in [4.69, 9.17) is 4.74 Å². The lowest BCUT2D eigenvalue weighted by molar-refractivity contribution is -0.105. The van der Waals surface area contributed by atoms with Crippen molar-refractivity contribution in [2.45, 2.75) is 52.7 Å². The highest BCUT2D eigenvalue weighted by Crippen LogP contribution is 2.46. The van der Waals surface area contributed by atoms with Gasteiger partial charge in [0, 0.05) is 0 Å². The minimum Gasteiger partial charge on any atom is -0.360 e. The molecule has 0 atom stereocenters. The van der Waals surface area contributed by atoms with Gasteiger partial charge in [-0.2, -0.15) is 0 Å². The lowest BCUT2D eigenvalue weighted by atomic mass is 9.91. The van der Waals surface area contributed by atoms with Gasteiger partial charge in [-0.25, -0.2) is 0 Å². The van der Waals surface area contributed by atoms with Gasteiger partial charge in [0.2, 0.25) is 0 Å². The van der Waals surface area contributed by atoms with Crippen LogP contribution in [0.4, 0.5) is 0 Å². The fourth-order valence-electron chi connectivity index (χ4n) is 2.28. The Labute approximate surface area is 93.5 Å². The number of fused-ring (bicyclic) bond motifs is 1. The molecule has 0 bridgehead atoms. The van der Waals surface area contributed by atoms with E-state index in [9.17, 15) is 0 Å². The molecule has 15 heavy (non-hydrogen) atoms. The molecule has 1 aromatic rings. The van der Waals surface area contributed by atoms with Gasteiger partial charge in [-0.1, -0.05) is 38.1 Å². The van der Waals surface area contributed by atoms with Crippen molar-refractivity contribution in [1.82, 2.24) is 0 Å². The fourth-order valence-corrected chi connectivity index (χ4v) is 2.28. The van der Waals surface area contributed by atoms with Gasteiger partial charge in [0.15, 0.2) is 0 Å². The molecule has 0 saturated heterocycles. The van der Waals surface area contributed by atoms with Crippen LogP contribution in [0.3, 0.4) is 0 Å². The maximum atomic E-state index is 6.01. The minimum atomic E-state index is -0.139. The van der Waals surface area contributed by atoms with Gasteiger partial charge >= 0.3 is 0 Å². The predicted octanol–water partition coefficient (Wildman–Crippen LogP) is 4.21. The second-order valence-electron chi connectivity index (χ2n) is 4.67. The summed E-state index contributed by atoms with van der Waals surface area (Å²) in [5.74, 6) is 0. The van der Waals surface area contributed by atoms with Crippen LogP contribution >= 0.6 is 0 Å². The van der Waals surface area contributed by atoms with Crippen molar-refractivity contribution in [2.75, 3.05) is 0 Å². The van der Waals surface area contributed by atoms with Gasteiger partial charge in [0.1, 0.15) is 0 Å². The van der Waals surface area contributed by atoms with E-state index in [2.05, 4.69) is 52.0 Å². The summed E-state index contributed by atoms with van der Waals surface area (Å²) in [6.07, 6.45) is 0. The topological polar surface area (TPSA) is 9.23 Å². The second-order valence-corrected chi connectivity index (χ2v) is 4.67. The van der Waals surface area contributed by atoms with Gasteiger partial charge in [0.25, 0.3) is 0 Å². The van der Waals surface area contributed by atoms with Crippen molar-refractivity contribution in [2.24, 2.45) is 0 Å². The third-order valence-corrected chi connectivity index (χ3v) is 2.73. The smallest absolute Gasteiger partial charge is 0.0890 e. The SMILES string of the molecule is CC.CC1(C)OC(C)(C)c2ccccc21. The summed E-state index contributed by atoms with van der Waals surface area (Å²) in [7, 11) is 0. The molecule has 0 aliphatic carbocycles. The average molecular weight is 206 g/mol. The molecule has 2 rings (SSSR count). The summed E-state index contributed by atoms with van der Waals surface area (Å²) >= 11 is 0. The Balaban J connectivity index is 0.000000531. The fraction of sp³-hybridized carbons (Fsp3) is 0.571. The Bertz CT molecular complexity index is 304. The molecule has 0 aromatic heterocycles. The molecule has 1 nitrogen and oxygen atoms in total. The lowest BCUT2D eigenvalue weighted by Crippen LogP contribution is -2.22. The summed E-state index contributed by atoms with van der Waals surface area (Å²) in [6.45, 7) is 12.5. The zero-order valence-electron chi connectivity index (χ0n) is 10.7. The zero-order valence-corrected chi connectivity index (χ0v) is 10.7. The molecule has 0 fully saturated rings. The van der Waals surface area contributed by atoms with Gasteiger partial charge in [0.05, 0.1) is 11.2 Å². The molecule has 0 spiro atoms. The molecule has 0 saturated carbocycles. The van der Waals surface area contributed by atoms with Crippen molar-refractivity contribution in [3.05, 3.63) is 35.4 Å². The van der Waals surface area contributed by atoms with Gasteiger partial charge in [-0.05, 0) is 38.8 Å². The normalized spacial score (nSPS) is 20.1. The van der Waals surface area contributed by atoms with Crippen LogP contribution in [0.1, 0.15) is 52.7 Å². The molecule has 0 unspecified atom stereocenters. The number of hydrogen-bond donors (Lipinski definition) is 0. The molecule has 0 amide bonds. The van der Waals surface area contributed by atoms with Gasteiger partial charge < -0.3 is 4.74 Å². The van der Waals surface area contributed by atoms with E-state index in [1.165, 1.54) is 11.1 Å². The monoisotopic (exact) mass is 206 g/mol. The zero-order chi connectivity index (χ0) is 11.7. The first-order valence-corrected chi connectivity index (χ1v) is 5.74. The van der Waals surface area contributed by atoms with E-state index in [-0.39, 0.29) is 11.2 Å². The van der Waals surface area contributed by atoms with Crippen LogP contribution in [0.2, 0.25) is 0 Å². The third-order valence-electron chi connectivity index (χ3n) is 2.73. The summed E-state index contributed by atoms with van der Waals surface area (Å²) < 4.78 is 6.01. The van der Waals surface area contributed by atoms with Crippen molar-refractivity contribution in [3.63, 3.8) is 0 Å². The molecular weight excluding hydrogens is 184 g/mol. The van der Waals surface area contributed by atoms with Crippen molar-refractivity contribution >= 4 is 0 Å². The van der Waals surface area contributed by atoms with Crippen LogP contribution in [0.5, 0.6) is 0 Å². The van der Waals surface area contributed by atoms with Crippen LogP contribution < -0.4 is 0 Å². The second kappa shape index (κ2) is 3.97. The van der Waals surface area contributed by atoms with Crippen LogP contribution in [-0.4, -0.2) is 0 Å². The van der Waals surface area contributed by atoms with Crippen molar-refractivity contribution in [3.8, 4) is 0 Å². The van der Waals surface area contributed by atoms with E-state index in [0.717, 1.165) is 0 Å². The molecule has 1 heterocycles. The van der Waals surface area contributed by atoms with Crippen molar-refractivity contribution in [1.29, 1.82) is 0 Å². The molecule has 0 radical (unpaired) electrons. The summed E-state index contributed by atoms with van der Waals surface area (Å²) in [4.78, 5) is 0. The lowest BCUT2D eigenvalue weighted by Gasteiger charge is -2.24. The first-order valence-electron chi connectivity index (χ1n) is 5.74. The predicted molar refractivity (Wildman–Crippen MR) is 64.9 cm³/mol. The van der Waals surface area contributed by atoms with E-state index in [0.29, 0.717) is 0 Å². The quantitative estimate of drug-likeness (QED) is 0.617. The van der Waals surface area contributed by atoms with Gasteiger partial charge in [-0.15, -0.1) is 0 Å². The Kier molecular flexibility index (Phi) is 3.25. The number of benzene rings is 1. The largest absolute Gasteiger partial charge is 0.360 e. The summed E-state index contributed by atoms with van der Waals surface area (Å²) in [5, 5.41) is 0. The van der Waals surface area contributed by atoms with Gasteiger partial charge in [-0.3, -0.25) is 0 Å². The Hall–Kier alpha value is -0.820. The number of rotatable bonds is 0. The molecule has 0 N–H and O–H groups in total. The highest BCUT2D eigenvalue weighted by atomic mass is 16.5. The van der Waals surface area contributed by atoms with E-state index in [1.54, 1.807) is 0 Å². The molecule has 1 heteroatoms. The highest BCUT2D eigenvalue weighted by molar-refractivity contribution is 5.39. The van der Waals surface area contributed by atoms with Crippen LogP contribution in [-0.2, 0) is 15.9 Å². The highest BCUT2D eigenvalue weighted by Gasteiger charge is 2.42. The molecule has 1 aliphatic rings. The Morgan fingerprint density at radius 3 is 1.47 bits per heavy atom. The maximum Gasteiger partial charge on any atom is 0.0890 e. The first-order chi connectivity index (χ1) is 6.93. The van der Waals surface area contributed by atoms with Crippen LogP contribution in [0.25, 0.3) is 0 Å². The Morgan fingerprint density at radius 2 is 1.13 bits per heavy atom. The maximum absolute atomic E-state index is 6.01. The molecule has 1 aliphatic heterocycles. The minimum absolute atomic E-state index is 0.139. The van der Waals surface area contributed by atoms with Crippen molar-refractivity contribution < 1.29 is 4.74 Å². The summed E-state index contributed by atoms with van der Waals surface area (Å²) in [5.41, 5.74) is 2.36. The van der Waals surface area contributed by atoms with Crippen LogP contribution in [0.15, 0.2) is 24.3 Å². The standard InChI is InChI=1S/C12H16O.C2H6/c1-11(2)9-7-5-6-8-10(9)12(3,4)13-11;1-2/h5-8H,1-4H3;1-2H3. The number of ether oxygens (including phenoxy) is 1. The molecule has 1 aromatic carbocycles. The molecular formula is C14H22O.